The molecule has 0 radical (unpaired) electrons. The zero-order valence-corrected chi connectivity index (χ0v) is 26.3. The lowest BCUT2D eigenvalue weighted by molar-refractivity contribution is -0.344. The Morgan fingerprint density at radius 3 is 2.09 bits per heavy atom. The molecule has 4 aliphatic rings. The molecule has 17 heteroatoms. The van der Waals surface area contributed by atoms with Crippen molar-refractivity contribution in [3.63, 3.8) is 0 Å². The van der Waals surface area contributed by atoms with Gasteiger partial charge in [-0.25, -0.2) is 22.4 Å². The number of aliphatic hydroxyl groups excluding tert-OH is 4. The molecule has 6 N–H and O–H groups in total. The van der Waals surface area contributed by atoms with E-state index >= 15 is 0 Å². The molecule has 0 spiro atoms. The zero-order valence-electron chi connectivity index (χ0n) is 26.3. The molecule has 0 aromatic carbocycles. The summed E-state index contributed by atoms with van der Waals surface area (Å²) >= 11 is 0. The van der Waals surface area contributed by atoms with Crippen molar-refractivity contribution in [3.8, 4) is 0 Å². The van der Waals surface area contributed by atoms with Gasteiger partial charge >= 0.3 is 5.97 Å². The molecule has 0 aromatic rings. The number of aliphatic hydroxyl groups is 4. The highest BCUT2D eigenvalue weighted by molar-refractivity contribution is 5.73. The minimum absolute atomic E-state index is 0.0230. The number of aliphatic carboxylic acids is 1. The van der Waals surface area contributed by atoms with E-state index in [0.717, 1.165) is 39.0 Å². The third-order valence-corrected chi connectivity index (χ3v) is 9.65. The molecule has 2 aliphatic carbocycles. The van der Waals surface area contributed by atoms with Gasteiger partial charge < -0.3 is 54.5 Å². The molecule has 2 aliphatic heterocycles. The first-order valence-corrected chi connectivity index (χ1v) is 16.2. The van der Waals surface area contributed by atoms with E-state index < -0.39 is 110 Å². The second-order valence-corrected chi connectivity index (χ2v) is 13.1. The van der Waals surface area contributed by atoms with Gasteiger partial charge in [0.25, 0.3) is 6.43 Å². The van der Waals surface area contributed by atoms with Crippen LogP contribution in [0.15, 0.2) is 0 Å². The maximum absolute atomic E-state index is 14.3. The molecule has 1 amide bonds. The molecule has 47 heavy (non-hydrogen) atoms. The highest BCUT2D eigenvalue weighted by Gasteiger charge is 2.54. The fraction of sp³-hybridized carbons (Fsp3) is 0.933. The third-order valence-electron chi connectivity index (χ3n) is 9.65. The van der Waals surface area contributed by atoms with Crippen LogP contribution in [0.3, 0.4) is 0 Å². The van der Waals surface area contributed by atoms with E-state index in [4.69, 9.17) is 23.7 Å². The molecule has 272 valence electrons. The quantitative estimate of drug-likeness (QED) is 0.161. The standard InChI is InChI=1S/C30H47F4NO12/c1-12-19(37)20(38)21(39)30(43-12)46-23-15(26(31)32)9-6-10-16(23)45-29-18(35-13(2)36)24(22(40)25(47-29)27(33)34)44-17(28(41)42)11-14-7-4-3-5-8-14/h12,14-27,29-30,37-40H,3-11H2,1-2H3,(H,35,36)(H,41,42)/t12-,15+,16+,17-,18?,19?,20-,21-,22+,23?,24?,25+,29+,30?/m0/s1. The summed E-state index contributed by atoms with van der Waals surface area (Å²) in [4.78, 5) is 24.6. The molecule has 13 nitrogen and oxygen atoms in total. The van der Waals surface area contributed by atoms with E-state index in [0.29, 0.717) is 0 Å². The predicted octanol–water partition coefficient (Wildman–Crippen LogP) is 1.31. The van der Waals surface area contributed by atoms with Crippen molar-refractivity contribution in [2.24, 2.45) is 11.8 Å². The number of carboxylic acids is 1. The van der Waals surface area contributed by atoms with Gasteiger partial charge in [-0.15, -0.1) is 0 Å². The van der Waals surface area contributed by atoms with Crippen LogP contribution in [0.5, 0.6) is 0 Å². The zero-order chi connectivity index (χ0) is 34.6. The Labute approximate surface area is 269 Å². The number of amides is 1. The van der Waals surface area contributed by atoms with Gasteiger partial charge in [0, 0.05) is 12.8 Å². The average Bonchev–Trinajstić information content (AvgIpc) is 3.01. The number of carboxylic acid groups (broad SMARTS) is 1. The van der Waals surface area contributed by atoms with Crippen LogP contribution in [0, 0.1) is 11.8 Å². The predicted molar refractivity (Wildman–Crippen MR) is 151 cm³/mol. The summed E-state index contributed by atoms with van der Waals surface area (Å²) < 4.78 is 85.6. The number of nitrogens with one attached hydrogen (secondary N) is 1. The van der Waals surface area contributed by atoms with Gasteiger partial charge in [-0.3, -0.25) is 4.79 Å². The minimum Gasteiger partial charge on any atom is -0.479 e. The Balaban J connectivity index is 1.62. The maximum Gasteiger partial charge on any atom is 0.332 e. The number of carbonyl (C=O) groups is 2. The van der Waals surface area contributed by atoms with Crippen molar-refractivity contribution >= 4 is 11.9 Å². The fourth-order valence-corrected chi connectivity index (χ4v) is 7.09. The number of rotatable bonds is 12. The third kappa shape index (κ3) is 9.30. The number of carbonyl (C=O) groups excluding carboxylic acids is 1. The normalized spacial score (nSPS) is 41.1. The van der Waals surface area contributed by atoms with E-state index in [1.165, 1.54) is 6.92 Å². The fourth-order valence-electron chi connectivity index (χ4n) is 7.09. The Morgan fingerprint density at radius 2 is 1.49 bits per heavy atom. The first kappa shape index (κ1) is 38.1. The highest BCUT2D eigenvalue weighted by atomic mass is 19.3. The van der Waals surface area contributed by atoms with E-state index in [9.17, 15) is 52.7 Å². The molecule has 5 unspecified atom stereocenters. The van der Waals surface area contributed by atoms with Gasteiger partial charge in [-0.2, -0.15) is 0 Å². The lowest BCUT2D eigenvalue weighted by Crippen LogP contribution is -2.67. The SMILES string of the molecule is CC(=O)NC1C(O[C@@H](CC2CCCCC2)C(=O)O)[C@@H](O)[C@H](C(F)F)O[C@H]1O[C@@H]1CCC[C@@H](C(F)F)C1OC1O[C@@H](C)C(O)[C@H](O)[C@@H]1O. The summed E-state index contributed by atoms with van der Waals surface area (Å²) in [7, 11) is 0. The van der Waals surface area contributed by atoms with Gasteiger partial charge in [0.1, 0.15) is 42.7 Å². The average molecular weight is 690 g/mol. The summed E-state index contributed by atoms with van der Waals surface area (Å²) in [6, 6.07) is -1.56. The van der Waals surface area contributed by atoms with Crippen LogP contribution in [0.25, 0.3) is 0 Å². The van der Waals surface area contributed by atoms with Crippen molar-refractivity contribution in [2.75, 3.05) is 0 Å². The van der Waals surface area contributed by atoms with Crippen LogP contribution < -0.4 is 5.32 Å². The van der Waals surface area contributed by atoms with E-state index in [2.05, 4.69) is 5.32 Å². The van der Waals surface area contributed by atoms with Gasteiger partial charge in [0.2, 0.25) is 12.3 Å². The van der Waals surface area contributed by atoms with Gasteiger partial charge in [0.05, 0.1) is 18.3 Å². The molecular formula is C30H47F4NO12. The number of ether oxygens (including phenoxy) is 5. The summed E-state index contributed by atoms with van der Waals surface area (Å²) in [6.07, 6.45) is -22.1. The van der Waals surface area contributed by atoms with Crippen molar-refractivity contribution in [1.29, 1.82) is 0 Å². The number of alkyl halides is 4. The van der Waals surface area contributed by atoms with E-state index in [-0.39, 0.29) is 31.6 Å². The summed E-state index contributed by atoms with van der Waals surface area (Å²) in [5.74, 6) is -3.66. The summed E-state index contributed by atoms with van der Waals surface area (Å²) in [5.41, 5.74) is 0. The summed E-state index contributed by atoms with van der Waals surface area (Å²) in [5, 5.41) is 54.2. The Hall–Kier alpha value is -1.70. The van der Waals surface area contributed by atoms with Crippen molar-refractivity contribution in [2.45, 2.75) is 164 Å². The second kappa shape index (κ2) is 16.8. The number of hydrogen-bond acceptors (Lipinski definition) is 11. The lowest BCUT2D eigenvalue weighted by atomic mass is 9.84. The molecule has 2 saturated heterocycles. The van der Waals surface area contributed by atoms with Crippen LogP contribution in [-0.4, -0.2) is 130 Å². The lowest BCUT2D eigenvalue weighted by Gasteiger charge is -2.48. The Morgan fingerprint density at radius 1 is 0.809 bits per heavy atom. The molecule has 4 fully saturated rings. The number of halogens is 4. The van der Waals surface area contributed by atoms with Gasteiger partial charge in [-0.1, -0.05) is 38.5 Å². The first-order valence-electron chi connectivity index (χ1n) is 16.2. The number of hydrogen-bond donors (Lipinski definition) is 6. The molecular weight excluding hydrogens is 642 g/mol. The van der Waals surface area contributed by atoms with Crippen molar-refractivity contribution in [1.82, 2.24) is 5.32 Å². The van der Waals surface area contributed by atoms with Crippen LogP contribution in [-0.2, 0) is 33.3 Å². The van der Waals surface area contributed by atoms with E-state index in [1.54, 1.807) is 0 Å². The highest BCUT2D eigenvalue weighted by Crippen LogP contribution is 2.39. The van der Waals surface area contributed by atoms with Crippen molar-refractivity contribution < 1.29 is 76.4 Å². The van der Waals surface area contributed by atoms with Crippen LogP contribution in [0.4, 0.5) is 17.6 Å². The molecule has 0 aromatic heterocycles. The largest absolute Gasteiger partial charge is 0.479 e. The molecule has 2 heterocycles. The van der Waals surface area contributed by atoms with Gasteiger partial charge in [-0.05, 0) is 32.1 Å². The smallest absolute Gasteiger partial charge is 0.332 e. The topological polar surface area (TPSA) is 193 Å². The monoisotopic (exact) mass is 689 g/mol. The summed E-state index contributed by atoms with van der Waals surface area (Å²) in [6.45, 7) is 2.45. The molecule has 0 bridgehead atoms. The Kier molecular flexibility index (Phi) is 13.6. The molecule has 14 atom stereocenters. The van der Waals surface area contributed by atoms with Crippen LogP contribution in [0.1, 0.15) is 71.6 Å². The molecule has 2 saturated carbocycles. The Bertz CT molecular complexity index is 1030. The van der Waals surface area contributed by atoms with Crippen LogP contribution >= 0.6 is 0 Å². The van der Waals surface area contributed by atoms with E-state index in [1.807, 2.05) is 0 Å². The second-order valence-electron chi connectivity index (χ2n) is 13.1. The van der Waals surface area contributed by atoms with Crippen molar-refractivity contribution in [3.05, 3.63) is 0 Å². The molecule has 4 rings (SSSR count). The minimum atomic E-state index is -3.32. The maximum atomic E-state index is 14.3. The van der Waals surface area contributed by atoms with Gasteiger partial charge in [0.15, 0.2) is 18.7 Å². The first-order chi connectivity index (χ1) is 22.2. The van der Waals surface area contributed by atoms with Crippen LogP contribution in [0.2, 0.25) is 0 Å².